The van der Waals surface area contributed by atoms with Gasteiger partial charge in [-0.1, -0.05) is 25.1 Å². The van der Waals surface area contributed by atoms with Gasteiger partial charge in [0.05, 0.1) is 0 Å². The molecular formula is C16H25NO3. The van der Waals surface area contributed by atoms with Crippen molar-refractivity contribution in [3.05, 3.63) is 29.8 Å². The molecule has 1 atom stereocenters. The van der Waals surface area contributed by atoms with E-state index in [2.05, 4.69) is 12.2 Å². The van der Waals surface area contributed by atoms with Crippen molar-refractivity contribution in [3.63, 3.8) is 0 Å². The lowest BCUT2D eigenvalue weighted by Gasteiger charge is -2.16. The number of carbonyl (C=O) groups is 1. The Bertz CT molecular complexity index is 406. The Morgan fingerprint density at radius 1 is 1.30 bits per heavy atom. The summed E-state index contributed by atoms with van der Waals surface area (Å²) in [6.45, 7) is 7.79. The molecule has 0 saturated heterocycles. The van der Waals surface area contributed by atoms with Crippen LogP contribution in [0.3, 0.4) is 0 Å². The molecular weight excluding hydrogens is 254 g/mol. The van der Waals surface area contributed by atoms with Gasteiger partial charge in [0, 0.05) is 19.8 Å². The summed E-state index contributed by atoms with van der Waals surface area (Å²) >= 11 is 0. The van der Waals surface area contributed by atoms with Gasteiger partial charge in [-0.25, -0.2) is 0 Å². The van der Waals surface area contributed by atoms with Crippen LogP contribution in [0.15, 0.2) is 24.3 Å². The summed E-state index contributed by atoms with van der Waals surface area (Å²) < 4.78 is 11.0. The van der Waals surface area contributed by atoms with Crippen LogP contribution < -0.4 is 10.1 Å². The summed E-state index contributed by atoms with van der Waals surface area (Å²) in [6.07, 6.45) is 1.21. The van der Waals surface area contributed by atoms with Crippen LogP contribution in [0.1, 0.15) is 32.8 Å². The first-order valence-corrected chi connectivity index (χ1v) is 7.29. The van der Waals surface area contributed by atoms with Gasteiger partial charge in [-0.2, -0.15) is 0 Å². The third kappa shape index (κ3) is 5.61. The summed E-state index contributed by atoms with van der Waals surface area (Å²) in [4.78, 5) is 11.9. The number of rotatable bonds is 9. The lowest BCUT2D eigenvalue weighted by Crippen LogP contribution is -2.37. The predicted octanol–water partition coefficient (Wildman–Crippen LogP) is 2.56. The number of hydrogen-bond donors (Lipinski definition) is 1. The zero-order valence-electron chi connectivity index (χ0n) is 12.6. The van der Waals surface area contributed by atoms with E-state index in [1.165, 1.54) is 0 Å². The molecule has 1 N–H and O–H groups in total. The fourth-order valence-corrected chi connectivity index (χ4v) is 1.83. The molecule has 0 radical (unpaired) electrons. The average molecular weight is 279 g/mol. The van der Waals surface area contributed by atoms with Gasteiger partial charge in [0.1, 0.15) is 5.75 Å². The van der Waals surface area contributed by atoms with Gasteiger partial charge < -0.3 is 14.8 Å². The minimum Gasteiger partial charge on any atom is -0.481 e. The highest BCUT2D eigenvalue weighted by Gasteiger charge is 2.15. The van der Waals surface area contributed by atoms with E-state index in [1.807, 2.05) is 31.2 Å². The third-order valence-electron chi connectivity index (χ3n) is 3.00. The Morgan fingerprint density at radius 3 is 2.75 bits per heavy atom. The molecule has 0 spiro atoms. The molecule has 0 aliphatic heterocycles. The van der Waals surface area contributed by atoms with Crippen LogP contribution in [0.2, 0.25) is 0 Å². The van der Waals surface area contributed by atoms with E-state index in [0.717, 1.165) is 24.2 Å². The number of ether oxygens (including phenoxy) is 2. The van der Waals surface area contributed by atoms with Gasteiger partial charge in [-0.05, 0) is 38.3 Å². The molecule has 0 aliphatic carbocycles. The highest BCUT2D eigenvalue weighted by molar-refractivity contribution is 5.80. The Kier molecular flexibility index (Phi) is 7.73. The molecule has 1 rings (SSSR count). The van der Waals surface area contributed by atoms with Gasteiger partial charge in [0.2, 0.25) is 0 Å². The number of carbonyl (C=O) groups excluding carboxylic acids is 1. The largest absolute Gasteiger partial charge is 0.481 e. The Morgan fingerprint density at radius 2 is 2.05 bits per heavy atom. The van der Waals surface area contributed by atoms with Crippen molar-refractivity contribution in [1.82, 2.24) is 5.32 Å². The van der Waals surface area contributed by atoms with Gasteiger partial charge in [0.15, 0.2) is 6.10 Å². The highest BCUT2D eigenvalue weighted by Crippen LogP contribution is 2.19. The van der Waals surface area contributed by atoms with Crippen LogP contribution >= 0.6 is 0 Å². The maximum atomic E-state index is 11.9. The van der Waals surface area contributed by atoms with Crippen molar-refractivity contribution in [1.29, 1.82) is 0 Å². The molecule has 1 aromatic rings. The van der Waals surface area contributed by atoms with Crippen molar-refractivity contribution < 1.29 is 14.3 Å². The topological polar surface area (TPSA) is 47.6 Å². The Hall–Kier alpha value is -1.55. The van der Waals surface area contributed by atoms with Gasteiger partial charge in [0.25, 0.3) is 5.91 Å². The second kappa shape index (κ2) is 9.37. The summed E-state index contributed by atoms with van der Waals surface area (Å²) in [7, 11) is 0. The number of benzene rings is 1. The van der Waals surface area contributed by atoms with Crippen molar-refractivity contribution in [2.75, 3.05) is 19.8 Å². The van der Waals surface area contributed by atoms with E-state index in [4.69, 9.17) is 9.47 Å². The summed E-state index contributed by atoms with van der Waals surface area (Å²) in [6, 6.07) is 7.81. The minimum atomic E-state index is -0.491. The van der Waals surface area contributed by atoms with Gasteiger partial charge in [-0.15, -0.1) is 0 Å². The summed E-state index contributed by atoms with van der Waals surface area (Å²) in [5.41, 5.74) is 1.11. The quantitative estimate of drug-likeness (QED) is 0.707. The maximum absolute atomic E-state index is 11.9. The normalized spacial score (nSPS) is 11.9. The monoisotopic (exact) mass is 279 g/mol. The third-order valence-corrected chi connectivity index (χ3v) is 3.00. The predicted molar refractivity (Wildman–Crippen MR) is 80.0 cm³/mol. The van der Waals surface area contributed by atoms with Crippen LogP contribution in [0, 0.1) is 0 Å². The smallest absolute Gasteiger partial charge is 0.260 e. The second-order valence-corrected chi connectivity index (χ2v) is 4.56. The first-order valence-electron chi connectivity index (χ1n) is 7.29. The molecule has 4 heteroatoms. The van der Waals surface area contributed by atoms with Crippen LogP contribution in [0.5, 0.6) is 5.75 Å². The number of para-hydroxylation sites is 1. The number of aryl methyl sites for hydroxylation is 1. The fourth-order valence-electron chi connectivity index (χ4n) is 1.83. The number of nitrogens with one attached hydrogen (secondary N) is 1. The average Bonchev–Trinajstić information content (AvgIpc) is 2.47. The Labute approximate surface area is 121 Å². The van der Waals surface area contributed by atoms with Crippen molar-refractivity contribution in [2.45, 2.75) is 39.7 Å². The molecule has 0 bridgehead atoms. The van der Waals surface area contributed by atoms with Gasteiger partial charge >= 0.3 is 0 Å². The molecule has 1 amide bonds. The molecule has 0 fully saturated rings. The first-order chi connectivity index (χ1) is 9.69. The molecule has 20 heavy (non-hydrogen) atoms. The van der Waals surface area contributed by atoms with E-state index in [9.17, 15) is 4.79 Å². The molecule has 0 aliphatic rings. The molecule has 0 aromatic heterocycles. The van der Waals surface area contributed by atoms with E-state index in [1.54, 1.807) is 6.92 Å². The maximum Gasteiger partial charge on any atom is 0.260 e. The lowest BCUT2D eigenvalue weighted by atomic mass is 10.1. The standard InChI is InChI=1S/C16H25NO3/c1-4-14-9-6-7-10-15(14)20-13(3)16(18)17-11-8-12-19-5-2/h6-7,9-10,13H,4-5,8,11-12H2,1-3H3,(H,17,18)/t13-/m0/s1. The second-order valence-electron chi connectivity index (χ2n) is 4.56. The molecule has 0 saturated carbocycles. The van der Waals surface area contributed by atoms with Crippen molar-refractivity contribution >= 4 is 5.91 Å². The van der Waals surface area contributed by atoms with Gasteiger partial charge in [-0.3, -0.25) is 4.79 Å². The first kappa shape index (κ1) is 16.5. The van der Waals surface area contributed by atoms with E-state index in [0.29, 0.717) is 19.8 Å². The van der Waals surface area contributed by atoms with E-state index in [-0.39, 0.29) is 5.91 Å². The van der Waals surface area contributed by atoms with Crippen LogP contribution in [0.25, 0.3) is 0 Å². The highest BCUT2D eigenvalue weighted by atomic mass is 16.5. The van der Waals surface area contributed by atoms with Crippen LogP contribution in [-0.2, 0) is 16.0 Å². The molecule has 112 valence electrons. The van der Waals surface area contributed by atoms with Crippen LogP contribution in [0.4, 0.5) is 0 Å². The zero-order valence-corrected chi connectivity index (χ0v) is 12.6. The fraction of sp³-hybridized carbons (Fsp3) is 0.562. The molecule has 0 heterocycles. The zero-order chi connectivity index (χ0) is 14.8. The number of hydrogen-bond acceptors (Lipinski definition) is 3. The Balaban J connectivity index is 2.37. The number of amides is 1. The summed E-state index contributed by atoms with van der Waals surface area (Å²) in [5.74, 6) is 0.694. The SMILES string of the molecule is CCOCCCNC(=O)[C@H](C)Oc1ccccc1CC. The van der Waals surface area contributed by atoms with Crippen molar-refractivity contribution in [2.24, 2.45) is 0 Å². The minimum absolute atomic E-state index is 0.0904. The molecule has 4 nitrogen and oxygen atoms in total. The van der Waals surface area contributed by atoms with E-state index < -0.39 is 6.10 Å². The van der Waals surface area contributed by atoms with E-state index >= 15 is 0 Å². The molecule has 1 aromatic carbocycles. The lowest BCUT2D eigenvalue weighted by molar-refractivity contribution is -0.127. The van der Waals surface area contributed by atoms with Crippen LogP contribution in [-0.4, -0.2) is 31.8 Å². The van der Waals surface area contributed by atoms with Crippen molar-refractivity contribution in [3.8, 4) is 5.75 Å². The summed E-state index contributed by atoms with van der Waals surface area (Å²) in [5, 5.41) is 2.86. The molecule has 0 unspecified atom stereocenters.